The Kier molecular flexibility index (Phi) is 7.16. The Bertz CT molecular complexity index is 568. The maximum absolute atomic E-state index is 11.5. The lowest BCUT2D eigenvalue weighted by atomic mass is 10.0. The first-order valence-corrected chi connectivity index (χ1v) is 7.14. The third kappa shape index (κ3) is 5.78. The highest BCUT2D eigenvalue weighted by molar-refractivity contribution is 5.79. The number of hydrogen-bond donors (Lipinski definition) is 0. The summed E-state index contributed by atoms with van der Waals surface area (Å²) in [6.45, 7) is 6.00. The maximum atomic E-state index is 11.5. The number of allylic oxidation sites excluding steroid dienone is 5. The Morgan fingerprint density at radius 1 is 1.43 bits per heavy atom. The SMILES string of the molecule is CC=CC(=CC(=CCC)c1ccnc(C)c1)CC(=O)OC. The van der Waals surface area contributed by atoms with Crippen LogP contribution in [-0.4, -0.2) is 18.1 Å². The van der Waals surface area contributed by atoms with E-state index in [0.29, 0.717) is 0 Å². The van der Waals surface area contributed by atoms with Crippen LogP contribution in [-0.2, 0) is 9.53 Å². The van der Waals surface area contributed by atoms with E-state index in [1.807, 2.05) is 44.2 Å². The molecule has 3 nitrogen and oxygen atoms in total. The third-order valence-corrected chi connectivity index (χ3v) is 2.95. The maximum Gasteiger partial charge on any atom is 0.309 e. The molecule has 112 valence electrons. The van der Waals surface area contributed by atoms with Gasteiger partial charge in [0.15, 0.2) is 0 Å². The van der Waals surface area contributed by atoms with Crippen molar-refractivity contribution in [2.75, 3.05) is 7.11 Å². The number of carbonyl (C=O) groups excluding carboxylic acids is 1. The van der Waals surface area contributed by atoms with Gasteiger partial charge in [0, 0.05) is 11.9 Å². The highest BCUT2D eigenvalue weighted by Crippen LogP contribution is 2.21. The normalized spacial score (nSPS) is 12.8. The molecule has 0 aliphatic carbocycles. The van der Waals surface area contributed by atoms with Crippen LogP contribution < -0.4 is 0 Å². The fourth-order valence-electron chi connectivity index (χ4n) is 2.02. The average molecular weight is 285 g/mol. The van der Waals surface area contributed by atoms with Crippen LogP contribution in [0.1, 0.15) is 37.9 Å². The zero-order valence-corrected chi connectivity index (χ0v) is 13.2. The highest BCUT2D eigenvalue weighted by Gasteiger charge is 2.06. The quantitative estimate of drug-likeness (QED) is 0.579. The summed E-state index contributed by atoms with van der Waals surface area (Å²) in [6, 6.07) is 4.03. The van der Waals surface area contributed by atoms with Crippen molar-refractivity contribution < 1.29 is 9.53 Å². The van der Waals surface area contributed by atoms with Gasteiger partial charge in [-0.3, -0.25) is 9.78 Å². The zero-order valence-electron chi connectivity index (χ0n) is 13.2. The molecule has 3 heteroatoms. The molecule has 1 rings (SSSR count). The van der Waals surface area contributed by atoms with Gasteiger partial charge in [0.05, 0.1) is 13.5 Å². The van der Waals surface area contributed by atoms with E-state index >= 15 is 0 Å². The Morgan fingerprint density at radius 2 is 2.19 bits per heavy atom. The summed E-state index contributed by atoms with van der Waals surface area (Å²) in [5.41, 5.74) is 4.11. The van der Waals surface area contributed by atoms with E-state index in [0.717, 1.165) is 28.8 Å². The highest BCUT2D eigenvalue weighted by atomic mass is 16.5. The lowest BCUT2D eigenvalue weighted by molar-refractivity contribution is -0.139. The van der Waals surface area contributed by atoms with Crippen LogP contribution >= 0.6 is 0 Å². The molecule has 0 atom stereocenters. The van der Waals surface area contributed by atoms with E-state index in [1.54, 1.807) is 6.20 Å². The molecule has 0 aliphatic rings. The van der Waals surface area contributed by atoms with Crippen molar-refractivity contribution >= 4 is 11.5 Å². The first kappa shape index (κ1) is 16.9. The second-order valence-corrected chi connectivity index (χ2v) is 4.73. The second-order valence-electron chi connectivity index (χ2n) is 4.73. The number of rotatable bonds is 6. The zero-order chi connectivity index (χ0) is 15.7. The van der Waals surface area contributed by atoms with Gasteiger partial charge in [-0.1, -0.05) is 31.2 Å². The molecule has 0 bridgehead atoms. The fraction of sp³-hybridized carbons (Fsp3) is 0.333. The summed E-state index contributed by atoms with van der Waals surface area (Å²) in [7, 11) is 1.41. The number of carbonyl (C=O) groups is 1. The first-order valence-electron chi connectivity index (χ1n) is 7.14. The van der Waals surface area contributed by atoms with Gasteiger partial charge in [-0.15, -0.1) is 0 Å². The molecular weight excluding hydrogens is 262 g/mol. The van der Waals surface area contributed by atoms with Gasteiger partial charge in [-0.2, -0.15) is 0 Å². The monoisotopic (exact) mass is 285 g/mol. The Balaban J connectivity index is 3.17. The van der Waals surface area contributed by atoms with E-state index in [2.05, 4.69) is 18.0 Å². The number of methoxy groups -OCH3 is 1. The molecule has 0 saturated heterocycles. The Hall–Kier alpha value is -2.16. The molecule has 0 saturated carbocycles. The Labute approximate surface area is 127 Å². The molecule has 0 fully saturated rings. The van der Waals surface area contributed by atoms with E-state index in [4.69, 9.17) is 4.74 Å². The van der Waals surface area contributed by atoms with Crippen molar-refractivity contribution in [3.8, 4) is 0 Å². The molecule has 0 aromatic carbocycles. The topological polar surface area (TPSA) is 39.2 Å². The van der Waals surface area contributed by atoms with E-state index in [9.17, 15) is 4.79 Å². The minimum atomic E-state index is -0.235. The Morgan fingerprint density at radius 3 is 2.76 bits per heavy atom. The van der Waals surface area contributed by atoms with Crippen LogP contribution in [0, 0.1) is 6.92 Å². The van der Waals surface area contributed by atoms with Crippen LogP contribution in [0.3, 0.4) is 0 Å². The van der Waals surface area contributed by atoms with Crippen molar-refractivity contribution in [1.29, 1.82) is 0 Å². The summed E-state index contributed by atoms with van der Waals surface area (Å²) in [6.07, 6.45) is 11.0. The van der Waals surface area contributed by atoms with Gasteiger partial charge in [0.1, 0.15) is 0 Å². The van der Waals surface area contributed by atoms with E-state index in [-0.39, 0.29) is 12.4 Å². The second kappa shape index (κ2) is 8.90. The lowest BCUT2D eigenvalue weighted by Crippen LogP contribution is -2.01. The number of aryl methyl sites for hydroxylation is 1. The van der Waals surface area contributed by atoms with Crippen molar-refractivity contribution in [1.82, 2.24) is 4.98 Å². The molecule has 0 aliphatic heterocycles. The third-order valence-electron chi connectivity index (χ3n) is 2.95. The van der Waals surface area contributed by atoms with Gasteiger partial charge in [-0.05, 0) is 49.1 Å². The summed E-state index contributed by atoms with van der Waals surface area (Å²) in [5.74, 6) is -0.235. The molecule has 1 heterocycles. The lowest BCUT2D eigenvalue weighted by Gasteiger charge is -2.07. The summed E-state index contributed by atoms with van der Waals surface area (Å²) in [4.78, 5) is 15.7. The number of ether oxygens (including phenoxy) is 1. The standard InChI is InChI=1S/C18H23NO2/c1-5-7-15(13-18(20)21-4)12-16(8-6-2)17-9-10-19-14(3)11-17/h5,7-12H,6,13H2,1-4H3. The molecule has 21 heavy (non-hydrogen) atoms. The molecule has 0 radical (unpaired) electrons. The van der Waals surface area contributed by atoms with Crippen LogP contribution in [0.4, 0.5) is 0 Å². The number of hydrogen-bond acceptors (Lipinski definition) is 3. The minimum absolute atomic E-state index is 0.235. The van der Waals surface area contributed by atoms with E-state index < -0.39 is 0 Å². The largest absolute Gasteiger partial charge is 0.469 e. The number of pyridine rings is 1. The van der Waals surface area contributed by atoms with Crippen molar-refractivity contribution in [2.24, 2.45) is 0 Å². The van der Waals surface area contributed by atoms with Gasteiger partial charge in [-0.25, -0.2) is 0 Å². The van der Waals surface area contributed by atoms with Gasteiger partial charge < -0.3 is 4.74 Å². The molecule has 0 unspecified atom stereocenters. The van der Waals surface area contributed by atoms with Gasteiger partial charge in [0.25, 0.3) is 0 Å². The smallest absolute Gasteiger partial charge is 0.309 e. The molecule has 0 amide bonds. The van der Waals surface area contributed by atoms with Crippen LogP contribution in [0.25, 0.3) is 5.57 Å². The number of aromatic nitrogens is 1. The molecule has 0 spiro atoms. The first-order chi connectivity index (χ1) is 10.1. The van der Waals surface area contributed by atoms with Gasteiger partial charge >= 0.3 is 5.97 Å². The number of nitrogens with zero attached hydrogens (tertiary/aromatic N) is 1. The van der Waals surface area contributed by atoms with Crippen molar-refractivity contribution in [3.05, 3.63) is 59.5 Å². The van der Waals surface area contributed by atoms with Crippen molar-refractivity contribution in [3.63, 3.8) is 0 Å². The van der Waals surface area contributed by atoms with Crippen molar-refractivity contribution in [2.45, 2.75) is 33.6 Å². The van der Waals surface area contributed by atoms with Gasteiger partial charge in [0.2, 0.25) is 0 Å². The molecule has 1 aromatic heterocycles. The van der Waals surface area contributed by atoms with E-state index in [1.165, 1.54) is 7.11 Å². The van der Waals surface area contributed by atoms with Crippen LogP contribution in [0.15, 0.2) is 48.2 Å². The fourth-order valence-corrected chi connectivity index (χ4v) is 2.02. The summed E-state index contributed by atoms with van der Waals surface area (Å²) < 4.78 is 4.75. The average Bonchev–Trinajstić information content (AvgIpc) is 2.46. The summed E-state index contributed by atoms with van der Waals surface area (Å²) in [5, 5.41) is 0. The predicted molar refractivity (Wildman–Crippen MR) is 86.8 cm³/mol. The molecule has 0 N–H and O–H groups in total. The van der Waals surface area contributed by atoms with Crippen LogP contribution in [0.2, 0.25) is 0 Å². The predicted octanol–water partition coefficient (Wildman–Crippen LogP) is 4.25. The minimum Gasteiger partial charge on any atom is -0.469 e. The van der Waals surface area contributed by atoms with Crippen LogP contribution in [0.5, 0.6) is 0 Å². The summed E-state index contributed by atoms with van der Waals surface area (Å²) >= 11 is 0. The molecule has 1 aromatic rings. The molecular formula is C18H23NO2. The number of esters is 1.